The summed E-state index contributed by atoms with van der Waals surface area (Å²) in [6, 6.07) is 7.22. The molecule has 0 amide bonds. The molecule has 0 aliphatic carbocycles. The SMILES string of the molecule is CCOC(=O)C(NCCCN=[N+]=[N-])c1ccccc1C. The summed E-state index contributed by atoms with van der Waals surface area (Å²) in [6.07, 6.45) is 0.672. The topological polar surface area (TPSA) is 87.1 Å². The number of ether oxygens (including phenoxy) is 1. The first kappa shape index (κ1) is 16.0. The molecule has 6 nitrogen and oxygen atoms in total. The van der Waals surface area contributed by atoms with Gasteiger partial charge in [0.05, 0.1) is 6.61 Å². The first-order valence-electron chi connectivity index (χ1n) is 6.67. The molecule has 0 saturated heterocycles. The summed E-state index contributed by atoms with van der Waals surface area (Å²) in [4.78, 5) is 14.7. The number of hydrogen-bond acceptors (Lipinski definition) is 4. The number of nitrogens with one attached hydrogen (secondary N) is 1. The highest BCUT2D eigenvalue weighted by Gasteiger charge is 2.22. The second kappa shape index (κ2) is 8.96. The zero-order valence-corrected chi connectivity index (χ0v) is 11.9. The quantitative estimate of drug-likeness (QED) is 0.260. The van der Waals surface area contributed by atoms with E-state index in [1.807, 2.05) is 31.2 Å². The van der Waals surface area contributed by atoms with E-state index >= 15 is 0 Å². The van der Waals surface area contributed by atoms with Crippen molar-refractivity contribution in [3.63, 3.8) is 0 Å². The van der Waals surface area contributed by atoms with Crippen molar-refractivity contribution < 1.29 is 9.53 Å². The Morgan fingerprint density at radius 1 is 1.50 bits per heavy atom. The predicted molar refractivity (Wildman–Crippen MR) is 77.2 cm³/mol. The van der Waals surface area contributed by atoms with Crippen molar-refractivity contribution in [2.24, 2.45) is 5.11 Å². The Morgan fingerprint density at radius 2 is 2.25 bits per heavy atom. The van der Waals surface area contributed by atoms with Crippen molar-refractivity contribution in [2.75, 3.05) is 19.7 Å². The van der Waals surface area contributed by atoms with Gasteiger partial charge in [-0.25, -0.2) is 4.79 Å². The van der Waals surface area contributed by atoms with Crippen molar-refractivity contribution >= 4 is 5.97 Å². The van der Waals surface area contributed by atoms with Gasteiger partial charge in [0.2, 0.25) is 0 Å². The third-order valence-electron chi connectivity index (χ3n) is 2.87. The van der Waals surface area contributed by atoms with E-state index in [9.17, 15) is 4.79 Å². The lowest BCUT2D eigenvalue weighted by Gasteiger charge is -2.19. The molecule has 6 heteroatoms. The number of benzene rings is 1. The molecule has 1 aromatic carbocycles. The van der Waals surface area contributed by atoms with E-state index in [1.54, 1.807) is 6.92 Å². The highest BCUT2D eigenvalue weighted by molar-refractivity contribution is 5.78. The molecule has 0 heterocycles. The molecule has 0 bridgehead atoms. The van der Waals surface area contributed by atoms with Crippen molar-refractivity contribution in [3.8, 4) is 0 Å². The minimum absolute atomic E-state index is 0.286. The summed E-state index contributed by atoms with van der Waals surface area (Å²) in [5.41, 5.74) is 10.2. The number of hydrogen-bond donors (Lipinski definition) is 1. The van der Waals surface area contributed by atoms with Gasteiger partial charge in [-0.05, 0) is 43.5 Å². The molecule has 0 radical (unpaired) electrons. The molecule has 20 heavy (non-hydrogen) atoms. The lowest BCUT2D eigenvalue weighted by molar-refractivity contribution is -0.145. The van der Waals surface area contributed by atoms with Crippen LogP contribution >= 0.6 is 0 Å². The van der Waals surface area contributed by atoms with Crippen LogP contribution in [0.4, 0.5) is 0 Å². The molecule has 0 saturated carbocycles. The average molecular weight is 276 g/mol. The van der Waals surface area contributed by atoms with Gasteiger partial charge in [0.15, 0.2) is 0 Å². The second-order valence-corrected chi connectivity index (χ2v) is 4.30. The fourth-order valence-electron chi connectivity index (χ4n) is 1.90. The Balaban J connectivity index is 2.73. The summed E-state index contributed by atoms with van der Waals surface area (Å²) in [7, 11) is 0. The van der Waals surface area contributed by atoms with Gasteiger partial charge in [0.1, 0.15) is 6.04 Å². The Kier molecular flexibility index (Phi) is 7.17. The van der Waals surface area contributed by atoms with Crippen molar-refractivity contribution in [1.82, 2.24) is 5.32 Å². The van der Waals surface area contributed by atoms with Crippen LogP contribution in [0.15, 0.2) is 29.4 Å². The number of carbonyl (C=O) groups excluding carboxylic acids is 1. The summed E-state index contributed by atoms with van der Waals surface area (Å²) in [5, 5.41) is 6.63. The first-order chi connectivity index (χ1) is 9.70. The lowest BCUT2D eigenvalue weighted by atomic mass is 10.0. The second-order valence-electron chi connectivity index (χ2n) is 4.30. The fourth-order valence-corrected chi connectivity index (χ4v) is 1.90. The molecule has 0 aromatic heterocycles. The normalized spacial score (nSPS) is 11.5. The third kappa shape index (κ3) is 4.91. The molecular weight excluding hydrogens is 256 g/mol. The van der Waals surface area contributed by atoms with Gasteiger partial charge in [-0.2, -0.15) is 0 Å². The minimum atomic E-state index is -0.484. The van der Waals surface area contributed by atoms with E-state index in [1.165, 1.54) is 0 Å². The van der Waals surface area contributed by atoms with Crippen molar-refractivity contribution in [3.05, 3.63) is 45.8 Å². The molecule has 0 aliphatic heterocycles. The molecule has 1 N–H and O–H groups in total. The molecule has 1 aromatic rings. The van der Waals surface area contributed by atoms with E-state index in [4.69, 9.17) is 10.3 Å². The zero-order chi connectivity index (χ0) is 14.8. The number of esters is 1. The van der Waals surface area contributed by atoms with Crippen LogP contribution in [0.2, 0.25) is 0 Å². The molecule has 0 spiro atoms. The van der Waals surface area contributed by atoms with E-state index < -0.39 is 6.04 Å². The lowest BCUT2D eigenvalue weighted by Crippen LogP contribution is -2.31. The molecule has 108 valence electrons. The van der Waals surface area contributed by atoms with Gasteiger partial charge in [-0.15, -0.1) is 0 Å². The Labute approximate surface area is 118 Å². The Hall–Kier alpha value is -2.04. The van der Waals surface area contributed by atoms with Crippen LogP contribution in [0.3, 0.4) is 0 Å². The van der Waals surface area contributed by atoms with E-state index in [2.05, 4.69) is 15.3 Å². The maximum absolute atomic E-state index is 12.0. The van der Waals surface area contributed by atoms with Gasteiger partial charge in [-0.3, -0.25) is 0 Å². The van der Waals surface area contributed by atoms with Gasteiger partial charge in [0, 0.05) is 11.5 Å². The average Bonchev–Trinajstić information content (AvgIpc) is 2.44. The van der Waals surface area contributed by atoms with Crippen LogP contribution in [-0.2, 0) is 9.53 Å². The van der Waals surface area contributed by atoms with E-state index in [0.29, 0.717) is 26.1 Å². The summed E-state index contributed by atoms with van der Waals surface area (Å²) < 4.78 is 5.11. The van der Waals surface area contributed by atoms with Crippen LogP contribution in [0.5, 0.6) is 0 Å². The van der Waals surface area contributed by atoms with Gasteiger partial charge >= 0.3 is 5.97 Å². The van der Waals surface area contributed by atoms with E-state index in [0.717, 1.165) is 11.1 Å². The maximum Gasteiger partial charge on any atom is 0.327 e. The number of rotatable bonds is 8. The zero-order valence-electron chi connectivity index (χ0n) is 11.9. The number of carbonyl (C=O) groups is 1. The van der Waals surface area contributed by atoms with Gasteiger partial charge in [0.25, 0.3) is 0 Å². The van der Waals surface area contributed by atoms with Crippen LogP contribution < -0.4 is 5.32 Å². The fraction of sp³-hybridized carbons (Fsp3) is 0.500. The molecule has 1 atom stereocenters. The van der Waals surface area contributed by atoms with Crippen LogP contribution in [0.25, 0.3) is 10.4 Å². The standard InChI is InChI=1S/C14H20N4O2/c1-3-20-14(19)13(16-9-6-10-17-18-15)12-8-5-4-7-11(12)2/h4-5,7-8,13,16H,3,6,9-10H2,1-2H3. The smallest absolute Gasteiger partial charge is 0.327 e. The highest BCUT2D eigenvalue weighted by atomic mass is 16.5. The van der Waals surface area contributed by atoms with Crippen LogP contribution in [0.1, 0.15) is 30.5 Å². The van der Waals surface area contributed by atoms with Gasteiger partial charge < -0.3 is 10.1 Å². The highest BCUT2D eigenvalue weighted by Crippen LogP contribution is 2.18. The molecule has 0 aliphatic rings. The molecule has 1 unspecified atom stereocenters. The monoisotopic (exact) mass is 276 g/mol. The van der Waals surface area contributed by atoms with Crippen molar-refractivity contribution in [2.45, 2.75) is 26.3 Å². The Morgan fingerprint density at radius 3 is 2.90 bits per heavy atom. The third-order valence-corrected chi connectivity index (χ3v) is 2.87. The molecule has 0 fully saturated rings. The molecular formula is C14H20N4O2. The minimum Gasteiger partial charge on any atom is -0.465 e. The first-order valence-corrected chi connectivity index (χ1v) is 6.67. The molecule has 1 rings (SSSR count). The number of nitrogens with zero attached hydrogens (tertiary/aromatic N) is 3. The van der Waals surface area contributed by atoms with Crippen molar-refractivity contribution in [1.29, 1.82) is 0 Å². The predicted octanol–water partition coefficient (Wildman–Crippen LogP) is 2.89. The maximum atomic E-state index is 12.0. The van der Waals surface area contributed by atoms with Gasteiger partial charge in [-0.1, -0.05) is 29.4 Å². The summed E-state index contributed by atoms with van der Waals surface area (Å²) in [5.74, 6) is -0.286. The largest absolute Gasteiger partial charge is 0.465 e. The summed E-state index contributed by atoms with van der Waals surface area (Å²) >= 11 is 0. The number of aryl methyl sites for hydroxylation is 1. The van der Waals surface area contributed by atoms with Crippen LogP contribution in [0, 0.1) is 6.92 Å². The van der Waals surface area contributed by atoms with E-state index in [-0.39, 0.29) is 5.97 Å². The summed E-state index contributed by atoms with van der Waals surface area (Å²) in [6.45, 7) is 5.09. The number of azide groups is 1. The van der Waals surface area contributed by atoms with Crippen LogP contribution in [-0.4, -0.2) is 25.7 Å². The Bertz CT molecular complexity index is 484.